The van der Waals surface area contributed by atoms with Gasteiger partial charge in [-0.3, -0.25) is 9.78 Å². The second-order valence-electron chi connectivity index (χ2n) is 9.68. The Hall–Kier alpha value is -4.14. The summed E-state index contributed by atoms with van der Waals surface area (Å²) in [5, 5.41) is 0. The van der Waals surface area contributed by atoms with Gasteiger partial charge in [0.1, 0.15) is 5.69 Å². The van der Waals surface area contributed by atoms with Crippen molar-refractivity contribution in [1.29, 1.82) is 0 Å². The lowest BCUT2D eigenvalue weighted by molar-refractivity contribution is 0.0726. The lowest BCUT2D eigenvalue weighted by Gasteiger charge is -2.33. The lowest BCUT2D eigenvalue weighted by Crippen LogP contribution is -2.38. The van der Waals surface area contributed by atoms with E-state index in [1.54, 1.807) is 23.1 Å². The summed E-state index contributed by atoms with van der Waals surface area (Å²) in [6.07, 6.45) is 4.18. The van der Waals surface area contributed by atoms with Crippen LogP contribution in [0.25, 0.3) is 11.0 Å². The molecule has 0 aliphatic carbocycles. The molecule has 6 rings (SSSR count). The largest absolute Gasteiger partial charge is 0.435 e. The van der Waals surface area contributed by atoms with Crippen LogP contribution in [0, 0.1) is 11.7 Å². The van der Waals surface area contributed by atoms with E-state index in [0.717, 1.165) is 37.1 Å². The molecule has 2 aliphatic rings. The number of nitrogens with zero attached hydrogens (tertiary/aromatic N) is 6. The first-order valence-corrected chi connectivity index (χ1v) is 12.6. The van der Waals surface area contributed by atoms with Gasteiger partial charge >= 0.3 is 0 Å². The molecular weight excluding hydrogens is 471 g/mol. The minimum Gasteiger partial charge on any atom is -0.435 e. The van der Waals surface area contributed by atoms with Crippen LogP contribution in [0.3, 0.4) is 0 Å². The number of hydrogen-bond donors (Lipinski definition) is 0. The molecule has 0 saturated carbocycles. The molecule has 4 aromatic rings. The maximum Gasteiger partial charge on any atom is 0.274 e. The van der Waals surface area contributed by atoms with Crippen molar-refractivity contribution in [3.05, 3.63) is 77.5 Å². The van der Waals surface area contributed by atoms with Gasteiger partial charge in [-0.1, -0.05) is 31.2 Å². The van der Waals surface area contributed by atoms with Crippen molar-refractivity contribution in [2.45, 2.75) is 32.7 Å². The van der Waals surface area contributed by atoms with Crippen LogP contribution in [-0.2, 0) is 13.0 Å². The minimum absolute atomic E-state index is 0.0884. The van der Waals surface area contributed by atoms with Crippen LogP contribution in [-0.4, -0.2) is 50.4 Å². The maximum atomic E-state index is 14.5. The first-order valence-electron chi connectivity index (χ1n) is 12.6. The van der Waals surface area contributed by atoms with Crippen LogP contribution in [0.1, 0.15) is 41.5 Å². The third-order valence-corrected chi connectivity index (χ3v) is 7.08. The average Bonchev–Trinajstić information content (AvgIpc) is 2.93. The Morgan fingerprint density at radius 3 is 2.54 bits per heavy atom. The lowest BCUT2D eigenvalue weighted by atomic mass is 9.99. The molecular formula is C28H27FN6O2. The van der Waals surface area contributed by atoms with Crippen LogP contribution in [0.15, 0.2) is 54.7 Å². The van der Waals surface area contributed by atoms with Gasteiger partial charge in [0.15, 0.2) is 11.6 Å². The number of para-hydroxylation sites is 3. The molecule has 2 aliphatic heterocycles. The van der Waals surface area contributed by atoms with Crippen molar-refractivity contribution >= 4 is 22.9 Å². The summed E-state index contributed by atoms with van der Waals surface area (Å²) in [5.74, 6) is 0.933. The van der Waals surface area contributed by atoms with Gasteiger partial charge in [0.25, 0.3) is 5.91 Å². The zero-order valence-electron chi connectivity index (χ0n) is 20.6. The summed E-state index contributed by atoms with van der Waals surface area (Å²) < 4.78 is 20.5. The Labute approximate surface area is 214 Å². The number of carbonyl (C=O) groups is 1. The first-order chi connectivity index (χ1) is 18.0. The number of anilines is 1. The standard InChI is InChI=1S/C28H27FN6O2/c1-18-10-13-34(14-11-18)28-32-21-12-15-35(27(36)24-16-30-22-7-3-4-8-23(22)31-24)17-19(21)26(33-28)37-25-9-5-2-6-20(25)29/h2-9,16,18H,10-15,17H2,1H3. The number of carbonyl (C=O) groups excluding carboxylic acids is 1. The maximum absolute atomic E-state index is 14.5. The van der Waals surface area contributed by atoms with E-state index in [4.69, 9.17) is 14.7 Å². The van der Waals surface area contributed by atoms with Crippen molar-refractivity contribution in [1.82, 2.24) is 24.8 Å². The molecule has 8 nitrogen and oxygen atoms in total. The molecule has 0 radical (unpaired) electrons. The van der Waals surface area contributed by atoms with Crippen molar-refractivity contribution in [2.75, 3.05) is 24.5 Å². The molecule has 4 heterocycles. The molecule has 2 aromatic carbocycles. The van der Waals surface area contributed by atoms with Gasteiger partial charge in [-0.25, -0.2) is 14.4 Å². The van der Waals surface area contributed by atoms with Crippen molar-refractivity contribution in [3.63, 3.8) is 0 Å². The molecule has 1 amide bonds. The Morgan fingerprint density at radius 2 is 1.73 bits per heavy atom. The summed E-state index contributed by atoms with van der Waals surface area (Å²) in [4.78, 5) is 35.8. The van der Waals surface area contributed by atoms with E-state index < -0.39 is 5.82 Å². The van der Waals surface area contributed by atoms with Gasteiger partial charge in [0.05, 0.1) is 35.0 Å². The van der Waals surface area contributed by atoms with Crippen LogP contribution >= 0.6 is 0 Å². The molecule has 1 saturated heterocycles. The molecule has 0 spiro atoms. The van der Waals surface area contributed by atoms with Crippen LogP contribution < -0.4 is 9.64 Å². The molecule has 0 unspecified atom stereocenters. The molecule has 1 fully saturated rings. The van der Waals surface area contributed by atoms with Gasteiger partial charge in [0.2, 0.25) is 11.8 Å². The quantitative estimate of drug-likeness (QED) is 0.400. The molecule has 2 aromatic heterocycles. The van der Waals surface area contributed by atoms with Crippen LogP contribution in [0.2, 0.25) is 0 Å². The van der Waals surface area contributed by atoms with Crippen LogP contribution in [0.5, 0.6) is 11.6 Å². The highest BCUT2D eigenvalue weighted by atomic mass is 19.1. The number of amides is 1. The Morgan fingerprint density at radius 1 is 0.973 bits per heavy atom. The summed E-state index contributed by atoms with van der Waals surface area (Å²) in [6.45, 7) is 4.70. The number of fused-ring (bicyclic) bond motifs is 2. The van der Waals surface area contributed by atoms with Gasteiger partial charge in [0, 0.05) is 26.1 Å². The van der Waals surface area contributed by atoms with E-state index in [9.17, 15) is 9.18 Å². The fraction of sp³-hybridized carbons (Fsp3) is 0.321. The number of benzene rings is 2. The SMILES string of the molecule is CC1CCN(c2nc3c(c(Oc4ccccc4F)n2)CN(C(=O)c2cnc4ccccc4n2)CC3)CC1. The fourth-order valence-electron chi connectivity index (χ4n) is 4.83. The molecule has 37 heavy (non-hydrogen) atoms. The Kier molecular flexibility index (Phi) is 6.12. The normalized spacial score (nSPS) is 16.1. The zero-order valence-corrected chi connectivity index (χ0v) is 20.6. The third kappa shape index (κ3) is 4.69. The number of halogens is 1. The van der Waals surface area contributed by atoms with Gasteiger partial charge in [-0.05, 0) is 43.0 Å². The van der Waals surface area contributed by atoms with Crippen molar-refractivity contribution in [3.8, 4) is 11.6 Å². The van der Waals surface area contributed by atoms with E-state index in [-0.39, 0.29) is 29.8 Å². The van der Waals surface area contributed by atoms with Gasteiger partial charge < -0.3 is 14.5 Å². The van der Waals surface area contributed by atoms with E-state index >= 15 is 0 Å². The summed E-state index contributed by atoms with van der Waals surface area (Å²) >= 11 is 0. The minimum atomic E-state index is -0.474. The fourth-order valence-corrected chi connectivity index (χ4v) is 4.83. The topological polar surface area (TPSA) is 84.3 Å². The predicted octanol–water partition coefficient (Wildman–Crippen LogP) is 4.79. The second kappa shape index (κ2) is 9.72. The Balaban J connectivity index is 1.33. The smallest absolute Gasteiger partial charge is 0.274 e. The summed E-state index contributed by atoms with van der Waals surface area (Å²) in [6, 6.07) is 13.7. The molecule has 0 N–H and O–H groups in total. The number of aromatic nitrogens is 4. The molecule has 9 heteroatoms. The number of ether oxygens (including phenoxy) is 1. The van der Waals surface area contributed by atoms with Crippen LogP contribution in [0.4, 0.5) is 10.3 Å². The number of hydrogen-bond acceptors (Lipinski definition) is 7. The molecule has 188 valence electrons. The van der Waals surface area contributed by atoms with E-state index in [2.05, 4.69) is 21.8 Å². The highest BCUT2D eigenvalue weighted by molar-refractivity contribution is 5.94. The molecule has 0 bridgehead atoms. The Bertz CT molecular complexity index is 1470. The van der Waals surface area contributed by atoms with Gasteiger partial charge in [-0.2, -0.15) is 4.98 Å². The molecule has 0 atom stereocenters. The van der Waals surface area contributed by atoms with E-state index in [0.29, 0.717) is 35.9 Å². The van der Waals surface area contributed by atoms with E-state index in [1.807, 2.05) is 24.3 Å². The predicted molar refractivity (Wildman–Crippen MR) is 137 cm³/mol. The van der Waals surface area contributed by atoms with Crippen molar-refractivity contribution in [2.24, 2.45) is 5.92 Å². The number of piperidine rings is 1. The van der Waals surface area contributed by atoms with E-state index in [1.165, 1.54) is 12.3 Å². The zero-order chi connectivity index (χ0) is 25.4. The van der Waals surface area contributed by atoms with Gasteiger partial charge in [-0.15, -0.1) is 0 Å². The second-order valence-corrected chi connectivity index (χ2v) is 9.68. The highest BCUT2D eigenvalue weighted by Crippen LogP contribution is 2.33. The summed E-state index contributed by atoms with van der Waals surface area (Å²) in [5.41, 5.74) is 3.18. The number of rotatable bonds is 4. The van der Waals surface area contributed by atoms with Crippen molar-refractivity contribution < 1.29 is 13.9 Å². The summed E-state index contributed by atoms with van der Waals surface area (Å²) in [7, 11) is 0. The first kappa shape index (κ1) is 23.3. The average molecular weight is 499 g/mol. The third-order valence-electron chi connectivity index (χ3n) is 7.08. The monoisotopic (exact) mass is 498 g/mol. The highest BCUT2D eigenvalue weighted by Gasteiger charge is 2.30.